The monoisotopic (exact) mass is 287 g/mol. The van der Waals surface area contributed by atoms with Gasteiger partial charge in [0.25, 0.3) is 0 Å². The molecule has 0 fully saturated rings. The summed E-state index contributed by atoms with van der Waals surface area (Å²) in [4.78, 5) is 0. The van der Waals surface area contributed by atoms with Crippen LogP contribution in [0.3, 0.4) is 0 Å². The molecular weight excluding hydrogens is 269 g/mol. The van der Waals surface area contributed by atoms with Gasteiger partial charge in [-0.1, -0.05) is 6.07 Å². The van der Waals surface area contributed by atoms with Gasteiger partial charge in [-0.05, 0) is 53.9 Å². The van der Waals surface area contributed by atoms with E-state index in [1.807, 2.05) is 18.2 Å². The lowest BCUT2D eigenvalue weighted by Gasteiger charge is -2.19. The molecule has 0 aliphatic heterocycles. The van der Waals surface area contributed by atoms with Crippen LogP contribution in [0.15, 0.2) is 36.4 Å². The molecule has 4 heteroatoms. The molecule has 0 saturated carbocycles. The van der Waals surface area contributed by atoms with Crippen LogP contribution in [0.5, 0.6) is 11.5 Å². The van der Waals surface area contributed by atoms with Crippen LogP contribution in [0, 0.1) is 12.7 Å². The van der Waals surface area contributed by atoms with E-state index >= 15 is 0 Å². The molecule has 1 aliphatic carbocycles. The van der Waals surface area contributed by atoms with Crippen molar-refractivity contribution < 1.29 is 13.9 Å². The number of hydrogen-bond donors (Lipinski definition) is 1. The van der Waals surface area contributed by atoms with Crippen LogP contribution in [-0.2, 0) is 6.42 Å². The lowest BCUT2D eigenvalue weighted by Crippen LogP contribution is -2.27. The van der Waals surface area contributed by atoms with Crippen molar-refractivity contribution in [2.45, 2.75) is 25.5 Å². The number of methoxy groups -OCH3 is 1. The molecule has 2 atom stereocenters. The van der Waals surface area contributed by atoms with E-state index in [0.717, 1.165) is 17.7 Å². The summed E-state index contributed by atoms with van der Waals surface area (Å²) in [5.74, 6) is 1.21. The zero-order valence-corrected chi connectivity index (χ0v) is 12.1. The molecule has 2 aromatic rings. The van der Waals surface area contributed by atoms with Gasteiger partial charge >= 0.3 is 0 Å². The minimum atomic E-state index is -0.230. The van der Waals surface area contributed by atoms with Crippen molar-refractivity contribution in [1.29, 1.82) is 0 Å². The maximum Gasteiger partial charge on any atom is 0.126 e. The Morgan fingerprint density at radius 1 is 1.14 bits per heavy atom. The predicted molar refractivity (Wildman–Crippen MR) is 79.2 cm³/mol. The Balaban J connectivity index is 1.81. The SMILES string of the molecule is COc1ccc2c(c1)C(N)C(Oc1ccc(F)c(C)c1)C2. The molecule has 3 nitrogen and oxygen atoms in total. The quantitative estimate of drug-likeness (QED) is 0.943. The maximum atomic E-state index is 13.3. The number of ether oxygens (including phenoxy) is 2. The summed E-state index contributed by atoms with van der Waals surface area (Å²) >= 11 is 0. The van der Waals surface area contributed by atoms with Gasteiger partial charge < -0.3 is 15.2 Å². The van der Waals surface area contributed by atoms with Crippen molar-refractivity contribution in [2.75, 3.05) is 7.11 Å². The first kappa shape index (κ1) is 13.9. The Kier molecular flexibility index (Phi) is 3.55. The fourth-order valence-electron chi connectivity index (χ4n) is 2.72. The van der Waals surface area contributed by atoms with Crippen molar-refractivity contribution in [3.63, 3.8) is 0 Å². The summed E-state index contributed by atoms with van der Waals surface area (Å²) < 4.78 is 24.5. The van der Waals surface area contributed by atoms with Crippen molar-refractivity contribution in [3.8, 4) is 11.5 Å². The average Bonchev–Trinajstić information content (AvgIpc) is 2.79. The molecule has 0 bridgehead atoms. The third kappa shape index (κ3) is 2.59. The molecule has 0 saturated heterocycles. The van der Waals surface area contributed by atoms with Crippen LogP contribution in [0.2, 0.25) is 0 Å². The van der Waals surface area contributed by atoms with Gasteiger partial charge in [-0.15, -0.1) is 0 Å². The Morgan fingerprint density at radius 3 is 2.62 bits per heavy atom. The van der Waals surface area contributed by atoms with E-state index in [9.17, 15) is 4.39 Å². The third-order valence-corrected chi connectivity index (χ3v) is 3.95. The minimum absolute atomic E-state index is 0.142. The number of aryl methyl sites for hydroxylation is 1. The highest BCUT2D eigenvalue weighted by Crippen LogP contribution is 2.35. The highest BCUT2D eigenvalue weighted by Gasteiger charge is 2.31. The molecule has 3 rings (SSSR count). The third-order valence-electron chi connectivity index (χ3n) is 3.95. The van der Waals surface area contributed by atoms with Crippen LogP contribution in [0.25, 0.3) is 0 Å². The van der Waals surface area contributed by atoms with Gasteiger partial charge in [-0.2, -0.15) is 0 Å². The van der Waals surface area contributed by atoms with E-state index < -0.39 is 0 Å². The number of benzene rings is 2. The fourth-order valence-corrected chi connectivity index (χ4v) is 2.72. The summed E-state index contributed by atoms with van der Waals surface area (Å²) in [6.45, 7) is 1.72. The number of hydrogen-bond acceptors (Lipinski definition) is 3. The summed E-state index contributed by atoms with van der Waals surface area (Å²) in [6.07, 6.45) is 0.605. The number of rotatable bonds is 3. The highest BCUT2D eigenvalue weighted by molar-refractivity contribution is 5.42. The van der Waals surface area contributed by atoms with E-state index in [1.54, 1.807) is 26.2 Å². The molecule has 2 unspecified atom stereocenters. The average molecular weight is 287 g/mol. The second-order valence-corrected chi connectivity index (χ2v) is 5.36. The molecule has 0 heterocycles. The topological polar surface area (TPSA) is 44.5 Å². The van der Waals surface area contributed by atoms with Crippen molar-refractivity contribution in [1.82, 2.24) is 0 Å². The van der Waals surface area contributed by atoms with Crippen molar-refractivity contribution in [3.05, 3.63) is 58.9 Å². The Bertz CT molecular complexity index is 672. The second kappa shape index (κ2) is 5.37. The van der Waals surface area contributed by atoms with Crippen LogP contribution in [-0.4, -0.2) is 13.2 Å². The van der Waals surface area contributed by atoms with Gasteiger partial charge in [0.05, 0.1) is 13.2 Å². The van der Waals surface area contributed by atoms with Crippen LogP contribution in [0.1, 0.15) is 22.7 Å². The maximum absolute atomic E-state index is 13.3. The molecular formula is C17H18FNO2. The first-order chi connectivity index (χ1) is 10.1. The van der Waals surface area contributed by atoms with Gasteiger partial charge in [-0.25, -0.2) is 4.39 Å². The van der Waals surface area contributed by atoms with Gasteiger partial charge in [0.2, 0.25) is 0 Å². The molecule has 2 N–H and O–H groups in total. The summed E-state index contributed by atoms with van der Waals surface area (Å²) in [7, 11) is 1.64. The molecule has 0 amide bonds. The summed E-state index contributed by atoms with van der Waals surface area (Å²) in [6, 6.07) is 10.5. The molecule has 0 spiro atoms. The number of nitrogens with two attached hydrogens (primary N) is 1. The van der Waals surface area contributed by atoms with Crippen molar-refractivity contribution in [2.24, 2.45) is 5.73 Å². The number of fused-ring (bicyclic) bond motifs is 1. The van der Waals surface area contributed by atoms with E-state index in [1.165, 1.54) is 11.6 Å². The Hall–Kier alpha value is -2.07. The first-order valence-electron chi connectivity index (χ1n) is 6.93. The Morgan fingerprint density at radius 2 is 1.90 bits per heavy atom. The van der Waals surface area contributed by atoms with E-state index in [0.29, 0.717) is 11.3 Å². The Labute approximate surface area is 123 Å². The first-order valence-corrected chi connectivity index (χ1v) is 6.93. The summed E-state index contributed by atoms with van der Waals surface area (Å²) in [5, 5.41) is 0. The molecule has 0 aromatic heterocycles. The van der Waals surface area contributed by atoms with Crippen LogP contribution in [0.4, 0.5) is 4.39 Å². The van der Waals surface area contributed by atoms with Gasteiger partial charge in [0.1, 0.15) is 23.4 Å². The molecule has 1 aliphatic rings. The normalized spacial score (nSPS) is 20.2. The minimum Gasteiger partial charge on any atom is -0.497 e. The molecule has 2 aromatic carbocycles. The molecule has 0 radical (unpaired) electrons. The van der Waals surface area contributed by atoms with Crippen LogP contribution < -0.4 is 15.2 Å². The smallest absolute Gasteiger partial charge is 0.126 e. The standard InChI is InChI=1S/C17H18FNO2/c1-10-7-13(5-6-15(10)18)21-16-8-11-3-4-12(20-2)9-14(11)17(16)19/h3-7,9,16-17H,8,19H2,1-2H3. The van der Waals surface area contributed by atoms with E-state index in [4.69, 9.17) is 15.2 Å². The van der Waals surface area contributed by atoms with E-state index in [2.05, 4.69) is 0 Å². The van der Waals surface area contributed by atoms with Crippen molar-refractivity contribution >= 4 is 0 Å². The molecule has 110 valence electrons. The van der Waals surface area contributed by atoms with Gasteiger partial charge in [0, 0.05) is 6.42 Å². The van der Waals surface area contributed by atoms with E-state index in [-0.39, 0.29) is 18.0 Å². The second-order valence-electron chi connectivity index (χ2n) is 5.36. The summed E-state index contributed by atoms with van der Waals surface area (Å²) in [5.41, 5.74) is 9.07. The lowest BCUT2D eigenvalue weighted by atomic mass is 10.1. The largest absolute Gasteiger partial charge is 0.497 e. The van der Waals surface area contributed by atoms with Gasteiger partial charge in [-0.3, -0.25) is 0 Å². The predicted octanol–water partition coefficient (Wildman–Crippen LogP) is 3.15. The van der Waals surface area contributed by atoms with Gasteiger partial charge in [0.15, 0.2) is 0 Å². The fraction of sp³-hybridized carbons (Fsp3) is 0.294. The highest BCUT2D eigenvalue weighted by atomic mass is 19.1. The number of halogens is 1. The lowest BCUT2D eigenvalue weighted by molar-refractivity contribution is 0.184. The zero-order chi connectivity index (χ0) is 15.0. The van der Waals surface area contributed by atoms with Crippen LogP contribution >= 0.6 is 0 Å². The molecule has 21 heavy (non-hydrogen) atoms. The zero-order valence-electron chi connectivity index (χ0n) is 12.1.